The molecule has 2 aromatic carbocycles. The van der Waals surface area contributed by atoms with E-state index in [2.05, 4.69) is 6.07 Å². The van der Waals surface area contributed by atoms with Crippen molar-refractivity contribution >= 4 is 5.69 Å². The first-order valence-corrected chi connectivity index (χ1v) is 7.47. The summed E-state index contributed by atoms with van der Waals surface area (Å²) in [5, 5.41) is 0. The summed E-state index contributed by atoms with van der Waals surface area (Å²) in [6, 6.07) is 13.9. The van der Waals surface area contributed by atoms with Crippen LogP contribution >= 0.6 is 0 Å². The Balaban J connectivity index is 2.00. The van der Waals surface area contributed by atoms with Gasteiger partial charge in [0.2, 0.25) is 0 Å². The van der Waals surface area contributed by atoms with E-state index in [-0.39, 0.29) is 0 Å². The first kappa shape index (κ1) is 13.8. The summed E-state index contributed by atoms with van der Waals surface area (Å²) >= 11 is 0. The molecule has 1 saturated carbocycles. The number of methoxy groups -OCH3 is 1. The fourth-order valence-electron chi connectivity index (χ4n) is 2.86. The third kappa shape index (κ3) is 2.97. The quantitative estimate of drug-likeness (QED) is 0.852. The molecule has 0 bridgehead atoms. The molecule has 0 atom stereocenters. The first-order valence-electron chi connectivity index (χ1n) is 7.47. The molecule has 2 aromatic rings. The van der Waals surface area contributed by atoms with Crippen molar-refractivity contribution in [2.75, 3.05) is 12.8 Å². The largest absolute Gasteiger partial charge is 0.493 e. The van der Waals surface area contributed by atoms with Crippen LogP contribution in [0.25, 0.3) is 11.1 Å². The average molecular weight is 283 g/mol. The number of rotatable bonds is 4. The molecular formula is C18H21NO2. The van der Waals surface area contributed by atoms with Gasteiger partial charge in [0.15, 0.2) is 11.5 Å². The second kappa shape index (κ2) is 6.08. The summed E-state index contributed by atoms with van der Waals surface area (Å²) in [5.41, 5.74) is 8.69. The minimum atomic E-state index is 0.300. The van der Waals surface area contributed by atoms with Gasteiger partial charge in [0.1, 0.15) is 0 Å². The maximum atomic E-state index is 6.26. The summed E-state index contributed by atoms with van der Waals surface area (Å²) < 4.78 is 11.7. The molecule has 1 fully saturated rings. The van der Waals surface area contributed by atoms with Gasteiger partial charge in [0.25, 0.3) is 0 Å². The van der Waals surface area contributed by atoms with Crippen molar-refractivity contribution in [1.82, 2.24) is 0 Å². The van der Waals surface area contributed by atoms with Gasteiger partial charge in [-0.15, -0.1) is 0 Å². The van der Waals surface area contributed by atoms with Gasteiger partial charge in [-0.3, -0.25) is 0 Å². The highest BCUT2D eigenvalue weighted by Crippen LogP contribution is 2.40. The Morgan fingerprint density at radius 3 is 2.38 bits per heavy atom. The van der Waals surface area contributed by atoms with E-state index in [4.69, 9.17) is 15.2 Å². The number of ether oxygens (including phenoxy) is 2. The lowest BCUT2D eigenvalue weighted by Gasteiger charge is -2.19. The van der Waals surface area contributed by atoms with Crippen molar-refractivity contribution in [3.63, 3.8) is 0 Å². The second-order valence-electron chi connectivity index (χ2n) is 5.48. The fourth-order valence-corrected chi connectivity index (χ4v) is 2.86. The van der Waals surface area contributed by atoms with Crippen LogP contribution in [-0.2, 0) is 0 Å². The molecule has 0 spiro atoms. The zero-order valence-electron chi connectivity index (χ0n) is 12.3. The number of anilines is 1. The Morgan fingerprint density at radius 1 is 1.00 bits per heavy atom. The monoisotopic (exact) mass is 283 g/mol. The van der Waals surface area contributed by atoms with Crippen molar-refractivity contribution in [3.8, 4) is 22.6 Å². The molecule has 0 radical (unpaired) electrons. The van der Waals surface area contributed by atoms with Crippen LogP contribution in [0.1, 0.15) is 25.7 Å². The summed E-state index contributed by atoms with van der Waals surface area (Å²) in [6.07, 6.45) is 5.04. The van der Waals surface area contributed by atoms with E-state index in [1.165, 1.54) is 12.8 Å². The number of benzene rings is 2. The van der Waals surface area contributed by atoms with Gasteiger partial charge < -0.3 is 15.2 Å². The van der Waals surface area contributed by atoms with E-state index >= 15 is 0 Å². The molecule has 21 heavy (non-hydrogen) atoms. The highest BCUT2D eigenvalue weighted by atomic mass is 16.5. The number of hydrogen-bond donors (Lipinski definition) is 1. The topological polar surface area (TPSA) is 44.5 Å². The SMILES string of the molecule is COc1cccc(-c2ccc(N)cc2)c1OC1CCCC1. The molecular weight excluding hydrogens is 262 g/mol. The third-order valence-corrected chi connectivity index (χ3v) is 4.01. The molecule has 0 aliphatic heterocycles. The smallest absolute Gasteiger partial charge is 0.169 e. The van der Waals surface area contributed by atoms with Crippen molar-refractivity contribution in [3.05, 3.63) is 42.5 Å². The third-order valence-electron chi connectivity index (χ3n) is 4.01. The van der Waals surface area contributed by atoms with Crippen LogP contribution in [0.4, 0.5) is 5.69 Å². The zero-order chi connectivity index (χ0) is 14.7. The van der Waals surface area contributed by atoms with Gasteiger partial charge in [-0.25, -0.2) is 0 Å². The van der Waals surface area contributed by atoms with E-state index in [0.717, 1.165) is 41.2 Å². The van der Waals surface area contributed by atoms with Crippen LogP contribution in [0, 0.1) is 0 Å². The maximum absolute atomic E-state index is 6.26. The van der Waals surface area contributed by atoms with E-state index < -0.39 is 0 Å². The molecule has 3 nitrogen and oxygen atoms in total. The minimum Gasteiger partial charge on any atom is -0.493 e. The summed E-state index contributed by atoms with van der Waals surface area (Å²) in [7, 11) is 1.68. The lowest BCUT2D eigenvalue weighted by molar-refractivity contribution is 0.202. The Bertz CT molecular complexity index is 601. The zero-order valence-corrected chi connectivity index (χ0v) is 12.3. The van der Waals surface area contributed by atoms with Gasteiger partial charge in [-0.05, 0) is 49.4 Å². The molecule has 3 rings (SSSR count). The van der Waals surface area contributed by atoms with E-state index in [1.54, 1.807) is 7.11 Å². The van der Waals surface area contributed by atoms with Gasteiger partial charge in [-0.2, -0.15) is 0 Å². The summed E-state index contributed by atoms with van der Waals surface area (Å²) in [5.74, 6) is 1.63. The number of hydrogen-bond acceptors (Lipinski definition) is 3. The molecule has 0 unspecified atom stereocenters. The average Bonchev–Trinajstić information content (AvgIpc) is 3.01. The van der Waals surface area contributed by atoms with Crippen LogP contribution in [-0.4, -0.2) is 13.2 Å². The Labute approximate surface area is 125 Å². The Morgan fingerprint density at radius 2 is 1.71 bits per heavy atom. The predicted octanol–water partition coefficient (Wildman–Crippen LogP) is 4.27. The Kier molecular flexibility index (Phi) is 4.00. The minimum absolute atomic E-state index is 0.300. The molecule has 0 heterocycles. The normalized spacial score (nSPS) is 15.1. The molecule has 0 aromatic heterocycles. The van der Waals surface area contributed by atoms with Crippen molar-refractivity contribution < 1.29 is 9.47 Å². The second-order valence-corrected chi connectivity index (χ2v) is 5.48. The van der Waals surface area contributed by atoms with E-state index in [9.17, 15) is 0 Å². The van der Waals surface area contributed by atoms with Crippen molar-refractivity contribution in [2.45, 2.75) is 31.8 Å². The molecule has 0 saturated heterocycles. The van der Waals surface area contributed by atoms with Crippen molar-refractivity contribution in [2.24, 2.45) is 0 Å². The standard InChI is InChI=1S/C18H21NO2/c1-20-17-8-4-7-16(13-9-11-14(19)12-10-13)18(17)21-15-5-2-3-6-15/h4,7-12,15H,2-3,5-6,19H2,1H3. The van der Waals surface area contributed by atoms with Crippen LogP contribution in [0.15, 0.2) is 42.5 Å². The maximum Gasteiger partial charge on any atom is 0.169 e. The lowest BCUT2D eigenvalue weighted by Crippen LogP contribution is -2.12. The molecule has 1 aliphatic carbocycles. The predicted molar refractivity (Wildman–Crippen MR) is 85.7 cm³/mol. The number of nitrogens with two attached hydrogens (primary N) is 1. The van der Waals surface area contributed by atoms with Crippen LogP contribution in [0.5, 0.6) is 11.5 Å². The Hall–Kier alpha value is -2.16. The number of para-hydroxylation sites is 1. The highest BCUT2D eigenvalue weighted by molar-refractivity contribution is 5.74. The van der Waals surface area contributed by atoms with Gasteiger partial charge >= 0.3 is 0 Å². The van der Waals surface area contributed by atoms with Crippen LogP contribution in [0.3, 0.4) is 0 Å². The van der Waals surface area contributed by atoms with Crippen LogP contribution < -0.4 is 15.2 Å². The molecule has 2 N–H and O–H groups in total. The number of nitrogen functional groups attached to an aromatic ring is 1. The highest BCUT2D eigenvalue weighted by Gasteiger charge is 2.21. The molecule has 0 amide bonds. The molecule has 1 aliphatic rings. The van der Waals surface area contributed by atoms with Gasteiger partial charge in [0, 0.05) is 11.3 Å². The van der Waals surface area contributed by atoms with Gasteiger partial charge in [0.05, 0.1) is 13.2 Å². The summed E-state index contributed by atoms with van der Waals surface area (Å²) in [4.78, 5) is 0. The van der Waals surface area contributed by atoms with E-state index in [0.29, 0.717) is 6.10 Å². The van der Waals surface area contributed by atoms with Gasteiger partial charge in [-0.1, -0.05) is 24.3 Å². The molecule has 110 valence electrons. The summed E-state index contributed by atoms with van der Waals surface area (Å²) in [6.45, 7) is 0. The van der Waals surface area contributed by atoms with E-state index in [1.807, 2.05) is 36.4 Å². The molecule has 3 heteroatoms. The fraction of sp³-hybridized carbons (Fsp3) is 0.333. The first-order chi connectivity index (χ1) is 10.3. The van der Waals surface area contributed by atoms with Crippen molar-refractivity contribution in [1.29, 1.82) is 0 Å². The lowest BCUT2D eigenvalue weighted by atomic mass is 10.0. The van der Waals surface area contributed by atoms with Crippen LogP contribution in [0.2, 0.25) is 0 Å².